The zero-order valence-electron chi connectivity index (χ0n) is 7.28. The Labute approximate surface area is 76.4 Å². The van der Waals surface area contributed by atoms with Gasteiger partial charge in [-0.2, -0.15) is 0 Å². The van der Waals surface area contributed by atoms with Crippen molar-refractivity contribution in [2.45, 2.75) is 12.7 Å². The molecule has 0 unspecified atom stereocenters. The van der Waals surface area contributed by atoms with Crippen LogP contribution in [0.2, 0.25) is 0 Å². The summed E-state index contributed by atoms with van der Waals surface area (Å²) in [7, 11) is 0. The number of hydrogen-bond acceptors (Lipinski definition) is 3. The summed E-state index contributed by atoms with van der Waals surface area (Å²) in [4.78, 5) is 6.05. The second-order valence-electron chi connectivity index (χ2n) is 3.23. The third-order valence-corrected chi connectivity index (χ3v) is 2.21. The number of rotatable bonds is 2. The van der Waals surface area contributed by atoms with E-state index in [0.717, 1.165) is 11.4 Å². The van der Waals surface area contributed by atoms with E-state index in [1.807, 2.05) is 17.0 Å². The van der Waals surface area contributed by atoms with Crippen LogP contribution in [-0.2, 0) is 6.54 Å². The Morgan fingerprint density at radius 1 is 1.62 bits per heavy atom. The van der Waals surface area contributed by atoms with Crippen LogP contribution in [0.4, 0.5) is 10.2 Å². The highest BCUT2D eigenvalue weighted by atomic mass is 19.1. The normalized spacial score (nSPS) is 17.2. The number of alkyl halides is 1. The van der Waals surface area contributed by atoms with Gasteiger partial charge in [0.2, 0.25) is 0 Å². The van der Waals surface area contributed by atoms with Gasteiger partial charge >= 0.3 is 0 Å². The monoisotopic (exact) mass is 181 g/mol. The lowest BCUT2D eigenvalue weighted by Crippen LogP contribution is -2.48. The highest BCUT2D eigenvalue weighted by Gasteiger charge is 2.26. The lowest BCUT2D eigenvalue weighted by molar-refractivity contribution is 0.273. The molecule has 0 radical (unpaired) electrons. The molecule has 0 bridgehead atoms. The molecular formula is C9H12FN3. The van der Waals surface area contributed by atoms with Crippen LogP contribution in [0.15, 0.2) is 18.3 Å². The van der Waals surface area contributed by atoms with Crippen molar-refractivity contribution in [2.24, 2.45) is 5.73 Å². The van der Waals surface area contributed by atoms with Gasteiger partial charge in [0.25, 0.3) is 0 Å². The minimum Gasteiger partial charge on any atom is -0.351 e. The molecule has 13 heavy (non-hydrogen) atoms. The topological polar surface area (TPSA) is 42.1 Å². The van der Waals surface area contributed by atoms with Crippen LogP contribution in [0.25, 0.3) is 0 Å². The first kappa shape index (κ1) is 8.44. The zero-order chi connectivity index (χ0) is 9.26. The summed E-state index contributed by atoms with van der Waals surface area (Å²) >= 11 is 0. The van der Waals surface area contributed by atoms with Gasteiger partial charge in [-0.25, -0.2) is 9.37 Å². The minimum atomic E-state index is -0.691. The maximum atomic E-state index is 12.5. The van der Waals surface area contributed by atoms with Gasteiger partial charge in [0, 0.05) is 12.7 Å². The first-order valence-electron chi connectivity index (χ1n) is 4.33. The van der Waals surface area contributed by atoms with E-state index < -0.39 is 6.17 Å². The van der Waals surface area contributed by atoms with Crippen LogP contribution in [0.3, 0.4) is 0 Å². The van der Waals surface area contributed by atoms with Gasteiger partial charge in [0.1, 0.15) is 12.0 Å². The second-order valence-corrected chi connectivity index (χ2v) is 3.23. The summed E-state index contributed by atoms with van der Waals surface area (Å²) < 4.78 is 12.5. The fraction of sp³-hybridized carbons (Fsp3) is 0.444. The number of hydrogen-bond donors (Lipinski definition) is 1. The van der Waals surface area contributed by atoms with E-state index in [9.17, 15) is 4.39 Å². The Hall–Kier alpha value is -1.16. The van der Waals surface area contributed by atoms with Gasteiger partial charge in [0.05, 0.1) is 13.1 Å². The van der Waals surface area contributed by atoms with E-state index >= 15 is 0 Å². The number of nitrogens with two attached hydrogens (primary N) is 1. The molecule has 1 aromatic rings. The molecule has 3 nitrogen and oxygen atoms in total. The van der Waals surface area contributed by atoms with Crippen LogP contribution in [-0.4, -0.2) is 24.2 Å². The standard InChI is InChI=1S/C9H12FN3/c10-8-5-13(6-8)9-3-7(4-11)1-2-12-9/h1-3,8H,4-6,11H2. The predicted molar refractivity (Wildman–Crippen MR) is 49.2 cm³/mol. The predicted octanol–water partition coefficient (Wildman–Crippen LogP) is 0.698. The molecule has 2 heterocycles. The Morgan fingerprint density at radius 2 is 2.38 bits per heavy atom. The molecule has 1 aliphatic heterocycles. The lowest BCUT2D eigenvalue weighted by Gasteiger charge is -2.35. The molecule has 2 rings (SSSR count). The van der Waals surface area contributed by atoms with Crippen LogP contribution < -0.4 is 10.6 Å². The van der Waals surface area contributed by atoms with E-state index in [4.69, 9.17) is 5.73 Å². The first-order chi connectivity index (χ1) is 6.29. The Balaban J connectivity index is 2.12. The van der Waals surface area contributed by atoms with E-state index in [1.165, 1.54) is 0 Å². The van der Waals surface area contributed by atoms with Crippen molar-refractivity contribution in [1.82, 2.24) is 4.98 Å². The molecule has 0 atom stereocenters. The van der Waals surface area contributed by atoms with Crippen molar-refractivity contribution >= 4 is 5.82 Å². The number of halogens is 1. The molecule has 0 amide bonds. The van der Waals surface area contributed by atoms with Crippen LogP contribution in [0.5, 0.6) is 0 Å². The fourth-order valence-corrected chi connectivity index (χ4v) is 1.37. The van der Waals surface area contributed by atoms with Crippen molar-refractivity contribution in [2.75, 3.05) is 18.0 Å². The molecule has 0 spiro atoms. The third kappa shape index (κ3) is 1.62. The fourth-order valence-electron chi connectivity index (χ4n) is 1.37. The Bertz CT molecular complexity index is 297. The lowest BCUT2D eigenvalue weighted by atomic mass is 10.1. The van der Waals surface area contributed by atoms with Crippen molar-refractivity contribution < 1.29 is 4.39 Å². The maximum Gasteiger partial charge on any atom is 0.135 e. The molecule has 1 aromatic heterocycles. The van der Waals surface area contributed by atoms with E-state index in [1.54, 1.807) is 6.20 Å². The molecule has 1 saturated heterocycles. The highest BCUT2D eigenvalue weighted by Crippen LogP contribution is 2.20. The largest absolute Gasteiger partial charge is 0.351 e. The summed E-state index contributed by atoms with van der Waals surface area (Å²) in [6.45, 7) is 1.42. The van der Waals surface area contributed by atoms with Crippen LogP contribution in [0.1, 0.15) is 5.56 Å². The summed E-state index contributed by atoms with van der Waals surface area (Å²) in [6.07, 6.45) is 1.02. The van der Waals surface area contributed by atoms with Crippen molar-refractivity contribution in [3.05, 3.63) is 23.9 Å². The zero-order valence-corrected chi connectivity index (χ0v) is 7.28. The number of anilines is 1. The molecule has 4 heteroatoms. The van der Waals surface area contributed by atoms with E-state index in [-0.39, 0.29) is 0 Å². The molecule has 1 fully saturated rings. The highest BCUT2D eigenvalue weighted by molar-refractivity contribution is 5.44. The Morgan fingerprint density at radius 3 is 3.00 bits per heavy atom. The first-order valence-corrected chi connectivity index (χ1v) is 4.33. The van der Waals surface area contributed by atoms with Crippen molar-refractivity contribution in [3.8, 4) is 0 Å². The quantitative estimate of drug-likeness (QED) is 0.730. The number of nitrogens with zero attached hydrogens (tertiary/aromatic N) is 2. The average Bonchev–Trinajstić information content (AvgIpc) is 2.13. The molecule has 0 aromatic carbocycles. The van der Waals surface area contributed by atoms with Gasteiger partial charge in [-0.05, 0) is 17.7 Å². The van der Waals surface area contributed by atoms with Crippen LogP contribution >= 0.6 is 0 Å². The molecule has 1 aliphatic rings. The minimum absolute atomic E-state index is 0.459. The molecule has 70 valence electrons. The molecule has 0 aliphatic carbocycles. The van der Waals surface area contributed by atoms with Gasteiger partial charge < -0.3 is 10.6 Å². The molecular weight excluding hydrogens is 169 g/mol. The summed E-state index contributed by atoms with van der Waals surface area (Å²) in [5.41, 5.74) is 6.52. The average molecular weight is 181 g/mol. The summed E-state index contributed by atoms with van der Waals surface area (Å²) in [5.74, 6) is 0.830. The number of pyridine rings is 1. The van der Waals surface area contributed by atoms with E-state index in [0.29, 0.717) is 19.6 Å². The smallest absolute Gasteiger partial charge is 0.135 e. The molecule has 2 N–H and O–H groups in total. The third-order valence-electron chi connectivity index (χ3n) is 2.21. The van der Waals surface area contributed by atoms with Crippen LogP contribution in [0, 0.1) is 0 Å². The second kappa shape index (κ2) is 3.30. The SMILES string of the molecule is NCc1ccnc(N2CC(F)C2)c1. The van der Waals surface area contributed by atoms with Crippen molar-refractivity contribution in [1.29, 1.82) is 0 Å². The van der Waals surface area contributed by atoms with Gasteiger partial charge in [-0.15, -0.1) is 0 Å². The molecule has 0 saturated carbocycles. The van der Waals surface area contributed by atoms with Crippen molar-refractivity contribution in [3.63, 3.8) is 0 Å². The van der Waals surface area contributed by atoms with Gasteiger partial charge in [-0.1, -0.05) is 0 Å². The maximum absolute atomic E-state index is 12.5. The van der Waals surface area contributed by atoms with E-state index in [2.05, 4.69) is 4.98 Å². The number of aromatic nitrogens is 1. The summed E-state index contributed by atoms with van der Waals surface area (Å²) in [5, 5.41) is 0. The Kier molecular flexibility index (Phi) is 2.14. The van der Waals surface area contributed by atoms with Gasteiger partial charge in [0.15, 0.2) is 0 Å². The summed E-state index contributed by atoms with van der Waals surface area (Å²) in [6, 6.07) is 3.78. The van der Waals surface area contributed by atoms with Gasteiger partial charge in [-0.3, -0.25) is 0 Å².